The van der Waals surface area contributed by atoms with Crippen LogP contribution in [-0.4, -0.2) is 50.7 Å². The molecule has 0 unspecified atom stereocenters. The first-order valence-corrected chi connectivity index (χ1v) is 12.2. The van der Waals surface area contributed by atoms with Crippen LogP contribution < -0.4 is 15.1 Å². The van der Waals surface area contributed by atoms with Gasteiger partial charge in [0.2, 0.25) is 5.96 Å². The molecular formula is C27H41ClN4O3. The molecule has 7 nitrogen and oxygen atoms in total. The van der Waals surface area contributed by atoms with Gasteiger partial charge >= 0.3 is 0 Å². The van der Waals surface area contributed by atoms with E-state index in [0.717, 1.165) is 42.9 Å². The van der Waals surface area contributed by atoms with Crippen molar-refractivity contribution in [3.05, 3.63) is 59.7 Å². The summed E-state index contributed by atoms with van der Waals surface area (Å²) in [5.41, 5.74) is 6.68. The van der Waals surface area contributed by atoms with Crippen LogP contribution in [0.3, 0.4) is 0 Å². The third-order valence-corrected chi connectivity index (χ3v) is 5.79. The SMILES string of the molecule is CCCCOCOc1cccc(N(Cc2ccc(C(C)(C)C)cc2)C(=N)NN2CCOCC2)c1.Cl. The Hall–Kier alpha value is -2.32. The van der Waals surface area contributed by atoms with E-state index in [1.54, 1.807) is 0 Å². The quantitative estimate of drug-likeness (QED) is 0.197. The van der Waals surface area contributed by atoms with Crippen LogP contribution in [0, 0.1) is 5.41 Å². The third-order valence-electron chi connectivity index (χ3n) is 5.79. The van der Waals surface area contributed by atoms with E-state index in [9.17, 15) is 0 Å². The molecule has 0 aromatic heterocycles. The molecule has 0 atom stereocenters. The number of nitrogens with zero attached hydrogens (tertiary/aromatic N) is 2. The van der Waals surface area contributed by atoms with Gasteiger partial charge in [-0.15, -0.1) is 12.4 Å². The number of nitrogens with one attached hydrogen (secondary N) is 2. The standard InChI is InChI=1S/C27H40N4O3.ClH/c1-5-6-16-33-21-34-25-9-7-8-24(19-25)31(26(28)29-30-14-17-32-18-15-30)20-22-10-12-23(13-11-22)27(2,3)4;/h7-13,19H,5-6,14-18,20-21H2,1-4H3,(H2,28,29);1H. The fourth-order valence-corrected chi connectivity index (χ4v) is 3.63. The number of anilines is 1. The first kappa shape index (κ1) is 28.9. The van der Waals surface area contributed by atoms with Crippen LogP contribution in [0.2, 0.25) is 0 Å². The van der Waals surface area contributed by atoms with E-state index in [1.807, 2.05) is 34.2 Å². The number of benzene rings is 2. The molecule has 1 saturated heterocycles. The summed E-state index contributed by atoms with van der Waals surface area (Å²) in [6, 6.07) is 16.5. The normalized spacial score (nSPS) is 14.2. The lowest BCUT2D eigenvalue weighted by molar-refractivity contribution is 0.0141. The molecule has 194 valence electrons. The summed E-state index contributed by atoms with van der Waals surface area (Å²) in [6.07, 6.45) is 2.12. The predicted molar refractivity (Wildman–Crippen MR) is 145 cm³/mol. The van der Waals surface area contributed by atoms with Crippen molar-refractivity contribution in [2.75, 3.05) is 44.6 Å². The highest BCUT2D eigenvalue weighted by Gasteiger charge is 2.19. The molecule has 0 amide bonds. The van der Waals surface area contributed by atoms with Crippen molar-refractivity contribution in [2.24, 2.45) is 0 Å². The van der Waals surface area contributed by atoms with Crippen molar-refractivity contribution in [3.63, 3.8) is 0 Å². The summed E-state index contributed by atoms with van der Waals surface area (Å²) >= 11 is 0. The average molecular weight is 505 g/mol. The number of morpholine rings is 1. The van der Waals surface area contributed by atoms with Crippen molar-refractivity contribution in [1.29, 1.82) is 5.41 Å². The van der Waals surface area contributed by atoms with Crippen molar-refractivity contribution in [3.8, 4) is 5.75 Å². The minimum absolute atomic E-state index is 0. The van der Waals surface area contributed by atoms with E-state index < -0.39 is 0 Å². The molecule has 2 aromatic rings. The second-order valence-electron chi connectivity index (χ2n) is 9.61. The molecular weight excluding hydrogens is 464 g/mol. The Kier molecular flexibility index (Phi) is 11.8. The Morgan fingerprint density at radius 3 is 2.49 bits per heavy atom. The van der Waals surface area contributed by atoms with Crippen molar-refractivity contribution in [2.45, 2.75) is 52.5 Å². The lowest BCUT2D eigenvalue weighted by Crippen LogP contribution is -2.53. The minimum Gasteiger partial charge on any atom is -0.467 e. The number of hydrazine groups is 1. The first-order chi connectivity index (χ1) is 16.4. The smallest absolute Gasteiger partial charge is 0.210 e. The second-order valence-corrected chi connectivity index (χ2v) is 9.61. The number of rotatable bonds is 10. The molecule has 0 saturated carbocycles. The van der Waals surface area contributed by atoms with Gasteiger partial charge in [0.05, 0.1) is 26.4 Å². The van der Waals surface area contributed by atoms with Gasteiger partial charge in [0, 0.05) is 24.8 Å². The highest BCUT2D eigenvalue weighted by Crippen LogP contribution is 2.25. The molecule has 1 aliphatic rings. The molecule has 2 N–H and O–H groups in total. The number of halogens is 1. The van der Waals surface area contributed by atoms with Crippen LogP contribution >= 0.6 is 12.4 Å². The molecule has 35 heavy (non-hydrogen) atoms. The number of unbranched alkanes of at least 4 members (excludes halogenated alkanes) is 1. The summed E-state index contributed by atoms with van der Waals surface area (Å²) in [5, 5.41) is 10.9. The Bertz CT molecular complexity index is 896. The Morgan fingerprint density at radius 1 is 1.11 bits per heavy atom. The maximum atomic E-state index is 8.86. The third kappa shape index (κ3) is 9.33. The molecule has 1 aliphatic heterocycles. The fraction of sp³-hybridized carbons (Fsp3) is 0.519. The molecule has 8 heteroatoms. The number of hydrogen-bond donors (Lipinski definition) is 2. The zero-order chi connectivity index (χ0) is 24.4. The van der Waals surface area contributed by atoms with E-state index in [1.165, 1.54) is 5.56 Å². The van der Waals surface area contributed by atoms with Gasteiger partial charge in [-0.3, -0.25) is 10.8 Å². The van der Waals surface area contributed by atoms with Crippen LogP contribution in [0.1, 0.15) is 51.7 Å². The van der Waals surface area contributed by atoms with Gasteiger partial charge in [0.15, 0.2) is 6.79 Å². The minimum atomic E-state index is 0. The van der Waals surface area contributed by atoms with Crippen LogP contribution in [0.15, 0.2) is 48.5 Å². The maximum absolute atomic E-state index is 8.86. The van der Waals surface area contributed by atoms with E-state index in [4.69, 9.17) is 19.6 Å². The Labute approximate surface area is 216 Å². The summed E-state index contributed by atoms with van der Waals surface area (Å²) in [7, 11) is 0. The number of ether oxygens (including phenoxy) is 3. The molecule has 1 heterocycles. The van der Waals surface area contributed by atoms with Gasteiger partial charge in [-0.2, -0.15) is 0 Å². The Balaban J connectivity index is 0.00000432. The molecule has 0 spiro atoms. The van der Waals surface area contributed by atoms with Crippen LogP contribution in [0.5, 0.6) is 5.75 Å². The van der Waals surface area contributed by atoms with Crippen LogP contribution in [0.4, 0.5) is 5.69 Å². The van der Waals surface area contributed by atoms with E-state index in [-0.39, 0.29) is 24.6 Å². The van der Waals surface area contributed by atoms with Gasteiger partial charge in [-0.05, 0) is 35.1 Å². The molecule has 2 aromatic carbocycles. The van der Waals surface area contributed by atoms with Crippen molar-refractivity contribution >= 4 is 24.1 Å². The zero-order valence-electron chi connectivity index (χ0n) is 21.5. The van der Waals surface area contributed by atoms with Crippen molar-refractivity contribution in [1.82, 2.24) is 10.4 Å². The topological polar surface area (TPSA) is 70.1 Å². The molecule has 0 bridgehead atoms. The Morgan fingerprint density at radius 2 is 1.83 bits per heavy atom. The highest BCUT2D eigenvalue weighted by molar-refractivity contribution is 5.93. The lowest BCUT2D eigenvalue weighted by atomic mass is 9.87. The maximum Gasteiger partial charge on any atom is 0.210 e. The largest absolute Gasteiger partial charge is 0.467 e. The highest BCUT2D eigenvalue weighted by atomic mass is 35.5. The van der Waals surface area contributed by atoms with Gasteiger partial charge < -0.3 is 19.1 Å². The molecule has 0 radical (unpaired) electrons. The van der Waals surface area contributed by atoms with Gasteiger partial charge in [-0.1, -0.05) is 64.4 Å². The van der Waals surface area contributed by atoms with Gasteiger partial charge in [0.1, 0.15) is 5.75 Å². The summed E-state index contributed by atoms with van der Waals surface area (Å²) in [5.74, 6) is 1.04. The molecule has 3 rings (SSSR count). The van der Waals surface area contributed by atoms with E-state index >= 15 is 0 Å². The summed E-state index contributed by atoms with van der Waals surface area (Å²) < 4.78 is 16.8. The number of hydrogen-bond acceptors (Lipinski definition) is 5. The number of guanidine groups is 1. The zero-order valence-corrected chi connectivity index (χ0v) is 22.3. The molecule has 0 aliphatic carbocycles. The van der Waals surface area contributed by atoms with Crippen molar-refractivity contribution < 1.29 is 14.2 Å². The average Bonchev–Trinajstić information content (AvgIpc) is 2.83. The predicted octanol–water partition coefficient (Wildman–Crippen LogP) is 5.34. The monoisotopic (exact) mass is 504 g/mol. The summed E-state index contributed by atoms with van der Waals surface area (Å²) in [4.78, 5) is 1.96. The lowest BCUT2D eigenvalue weighted by Gasteiger charge is -2.33. The van der Waals surface area contributed by atoms with Gasteiger partial charge in [0.25, 0.3) is 0 Å². The van der Waals surface area contributed by atoms with Gasteiger partial charge in [-0.25, -0.2) is 5.01 Å². The van der Waals surface area contributed by atoms with Crippen LogP contribution in [0.25, 0.3) is 0 Å². The molecule has 1 fully saturated rings. The summed E-state index contributed by atoms with van der Waals surface area (Å²) in [6.45, 7) is 13.1. The van der Waals surface area contributed by atoms with Crippen LogP contribution in [-0.2, 0) is 21.4 Å². The fourth-order valence-electron chi connectivity index (χ4n) is 3.63. The second kappa shape index (κ2) is 14.3. The van der Waals surface area contributed by atoms with E-state index in [2.05, 4.69) is 57.4 Å². The van der Waals surface area contributed by atoms with E-state index in [0.29, 0.717) is 32.3 Å². The first-order valence-electron chi connectivity index (χ1n) is 12.2.